The maximum Gasteiger partial charge on any atom is 0.130 e. The summed E-state index contributed by atoms with van der Waals surface area (Å²) in [5.41, 5.74) is 5.66. The van der Waals surface area contributed by atoms with Crippen LogP contribution in [0.3, 0.4) is 0 Å². The van der Waals surface area contributed by atoms with Crippen molar-refractivity contribution in [1.29, 1.82) is 0 Å². The molecule has 52 heavy (non-hydrogen) atoms. The van der Waals surface area contributed by atoms with Gasteiger partial charge in [0.2, 0.25) is 0 Å². The molecule has 0 radical (unpaired) electrons. The Morgan fingerprint density at radius 3 is 1.37 bits per heavy atom. The first-order valence-electron chi connectivity index (χ1n) is 22.8. The van der Waals surface area contributed by atoms with Crippen LogP contribution in [-0.4, -0.2) is 77.2 Å². The van der Waals surface area contributed by atoms with Crippen LogP contribution < -0.4 is 28.0 Å². The normalized spacial score (nSPS) is 12.7. The first kappa shape index (κ1) is 53.9. The highest BCUT2D eigenvalue weighted by molar-refractivity contribution is 4.82. The van der Waals surface area contributed by atoms with Crippen molar-refractivity contribution in [3.05, 3.63) is 24.3 Å². The van der Waals surface area contributed by atoms with Gasteiger partial charge in [0.25, 0.3) is 0 Å². The summed E-state index contributed by atoms with van der Waals surface area (Å²) in [6.45, 7) is 11.9. The average Bonchev–Trinajstić information content (AvgIpc) is 3.12. The molecule has 5 nitrogen and oxygen atoms in total. The first-order chi connectivity index (χ1) is 25.1. The molecule has 0 fully saturated rings. The van der Waals surface area contributed by atoms with Crippen LogP contribution in [0.15, 0.2) is 24.3 Å². The predicted molar refractivity (Wildman–Crippen MR) is 228 cm³/mol. The summed E-state index contributed by atoms with van der Waals surface area (Å²) in [5, 5.41) is 3.55. The summed E-state index contributed by atoms with van der Waals surface area (Å²) in [5.74, 6) is 0. The summed E-state index contributed by atoms with van der Waals surface area (Å²) in [4.78, 5) is 0. The van der Waals surface area contributed by atoms with Crippen molar-refractivity contribution in [2.75, 3.05) is 66.6 Å². The lowest BCUT2D eigenvalue weighted by Gasteiger charge is -2.33. The number of rotatable bonds is 43. The van der Waals surface area contributed by atoms with Gasteiger partial charge in [0.05, 0.1) is 27.2 Å². The zero-order chi connectivity index (χ0) is 37.2. The highest BCUT2D eigenvalue weighted by Crippen LogP contribution is 2.13. The molecule has 0 bridgehead atoms. The number of allylic oxidation sites excluding steroid dienone is 4. The van der Waals surface area contributed by atoms with E-state index < -0.39 is 0 Å². The lowest BCUT2D eigenvalue weighted by atomic mass is 10.1. The summed E-state index contributed by atoms with van der Waals surface area (Å²) < 4.78 is 13.7. The lowest BCUT2D eigenvalue weighted by Crippen LogP contribution is -3.00. The fraction of sp³-hybridized carbons (Fsp3) is 0.913. The Bertz CT molecular complexity index is 718. The number of nitrogens with two attached hydrogens (primary N) is 1. The van der Waals surface area contributed by atoms with Crippen LogP contribution in [0, 0.1) is 0 Å². The second kappa shape index (κ2) is 45.2. The smallest absolute Gasteiger partial charge is 0.130 e. The van der Waals surface area contributed by atoms with Crippen LogP contribution in [0.1, 0.15) is 200 Å². The molecular formula is C46H94BrN3O2. The molecule has 6 heteroatoms. The highest BCUT2D eigenvalue weighted by Gasteiger charge is 2.23. The van der Waals surface area contributed by atoms with Gasteiger partial charge in [0.1, 0.15) is 12.6 Å². The van der Waals surface area contributed by atoms with Crippen LogP contribution in [-0.2, 0) is 9.47 Å². The second-order valence-corrected chi connectivity index (χ2v) is 16.2. The molecule has 0 aromatic heterocycles. The van der Waals surface area contributed by atoms with Gasteiger partial charge >= 0.3 is 0 Å². The number of nitrogens with one attached hydrogen (secondary N) is 1. The molecule has 0 spiro atoms. The fourth-order valence-corrected chi connectivity index (χ4v) is 6.80. The summed E-state index contributed by atoms with van der Waals surface area (Å²) in [6.07, 6.45) is 48.4. The van der Waals surface area contributed by atoms with E-state index in [0.717, 1.165) is 69.9 Å². The molecule has 312 valence electrons. The van der Waals surface area contributed by atoms with E-state index in [9.17, 15) is 0 Å². The number of likely N-dealkylation sites (N-methyl/N-ethyl adjacent to an activating group) is 1. The Labute approximate surface area is 337 Å². The molecule has 0 aromatic rings. The molecule has 0 aliphatic carbocycles. The molecule has 1 atom stereocenters. The monoisotopic (exact) mass is 800 g/mol. The zero-order valence-corrected chi connectivity index (χ0v) is 37.4. The van der Waals surface area contributed by atoms with Gasteiger partial charge in [-0.15, -0.1) is 0 Å². The Balaban J connectivity index is 0. The van der Waals surface area contributed by atoms with Crippen LogP contribution in [0.25, 0.3) is 0 Å². The molecule has 0 saturated carbocycles. The van der Waals surface area contributed by atoms with Gasteiger partial charge in [-0.25, -0.2) is 0 Å². The maximum atomic E-state index is 6.48. The molecule has 0 aliphatic heterocycles. The van der Waals surface area contributed by atoms with E-state index >= 15 is 0 Å². The van der Waals surface area contributed by atoms with Gasteiger partial charge in [-0.05, 0) is 83.7 Å². The fourth-order valence-electron chi connectivity index (χ4n) is 6.80. The van der Waals surface area contributed by atoms with Crippen molar-refractivity contribution in [3.63, 3.8) is 0 Å². The van der Waals surface area contributed by atoms with Gasteiger partial charge in [0, 0.05) is 19.8 Å². The van der Waals surface area contributed by atoms with E-state index in [2.05, 4.69) is 57.6 Å². The van der Waals surface area contributed by atoms with Gasteiger partial charge < -0.3 is 42.0 Å². The lowest BCUT2D eigenvalue weighted by molar-refractivity contribution is -0.892. The number of hydrogen-bond donors (Lipinski definition) is 2. The zero-order valence-electron chi connectivity index (χ0n) is 35.8. The number of hydrogen-bond acceptors (Lipinski definition) is 4. The van der Waals surface area contributed by atoms with Crippen molar-refractivity contribution in [1.82, 2.24) is 5.32 Å². The van der Waals surface area contributed by atoms with E-state index in [1.54, 1.807) is 0 Å². The molecular weight excluding hydrogens is 706 g/mol. The largest absolute Gasteiger partial charge is 1.00 e. The number of nitrogens with zero attached hydrogens (tertiary/aromatic N) is 1. The predicted octanol–water partition coefficient (Wildman–Crippen LogP) is 9.48. The quantitative estimate of drug-likeness (QED) is 0.0367. The number of ether oxygens (including phenoxy) is 2. The average molecular weight is 801 g/mol. The molecule has 3 N–H and O–H groups in total. The molecule has 0 aliphatic rings. The summed E-state index contributed by atoms with van der Waals surface area (Å²) in [6, 6.07) is 0. The molecule has 0 rings (SSSR count). The number of quaternary nitrogens is 1. The molecule has 1 unspecified atom stereocenters. The molecule has 0 amide bonds. The maximum absolute atomic E-state index is 6.48. The van der Waals surface area contributed by atoms with Crippen molar-refractivity contribution < 1.29 is 30.9 Å². The van der Waals surface area contributed by atoms with Crippen molar-refractivity contribution >= 4 is 0 Å². The minimum absolute atomic E-state index is 0. The highest BCUT2D eigenvalue weighted by atomic mass is 79.9. The van der Waals surface area contributed by atoms with Crippen LogP contribution >= 0.6 is 0 Å². The summed E-state index contributed by atoms with van der Waals surface area (Å²) >= 11 is 0. The van der Waals surface area contributed by atoms with Crippen molar-refractivity contribution in [2.45, 2.75) is 206 Å². The van der Waals surface area contributed by atoms with Gasteiger partial charge in [-0.2, -0.15) is 0 Å². The summed E-state index contributed by atoms with van der Waals surface area (Å²) in [7, 11) is 4.66. The third-order valence-corrected chi connectivity index (χ3v) is 10.3. The Morgan fingerprint density at radius 2 is 0.923 bits per heavy atom. The van der Waals surface area contributed by atoms with Crippen LogP contribution in [0.5, 0.6) is 0 Å². The van der Waals surface area contributed by atoms with E-state index in [0.29, 0.717) is 0 Å². The SMILES string of the molecule is CCCCCCCCC=CCCCCCCCCOCC(C[N+](C)(C)CCNCCCN)OCCCCCCCCC=CCCCCCCCC.[Br-]. The minimum atomic E-state index is 0. The van der Waals surface area contributed by atoms with Crippen molar-refractivity contribution in [2.24, 2.45) is 5.73 Å². The van der Waals surface area contributed by atoms with E-state index in [-0.39, 0.29) is 23.1 Å². The topological polar surface area (TPSA) is 56.5 Å². The van der Waals surface area contributed by atoms with Gasteiger partial charge in [0.15, 0.2) is 0 Å². The van der Waals surface area contributed by atoms with Crippen molar-refractivity contribution in [3.8, 4) is 0 Å². The first-order valence-corrected chi connectivity index (χ1v) is 22.8. The minimum Gasteiger partial charge on any atom is -1.00 e. The van der Waals surface area contributed by atoms with E-state index in [4.69, 9.17) is 15.2 Å². The second-order valence-electron chi connectivity index (χ2n) is 16.2. The van der Waals surface area contributed by atoms with Crippen LogP contribution in [0.2, 0.25) is 0 Å². The molecule has 0 aromatic carbocycles. The third-order valence-electron chi connectivity index (χ3n) is 10.3. The van der Waals surface area contributed by atoms with E-state index in [1.807, 2.05) is 0 Å². The van der Waals surface area contributed by atoms with Gasteiger partial charge in [-0.3, -0.25) is 0 Å². The Hall–Kier alpha value is -0.240. The standard InChI is InChI=1S/C46H94N3O2.BrH/c1-5-7-9-11-13-15-17-19-21-23-25-27-29-31-33-35-42-50-45-46(44-49(3,4)41-40-48-39-37-38-47)51-43-36-34-32-30-28-26-24-22-20-18-16-14-12-10-8-6-2;/h19-22,46,48H,5-18,23-45,47H2,1-4H3;1H/q+1;/p-1. The van der Waals surface area contributed by atoms with Crippen LogP contribution in [0.4, 0.5) is 0 Å². The number of halogens is 1. The molecule has 0 saturated heterocycles. The van der Waals surface area contributed by atoms with Gasteiger partial charge in [-0.1, -0.05) is 154 Å². The van der Waals surface area contributed by atoms with E-state index in [1.165, 1.54) is 173 Å². The Kier molecular flexibility index (Phi) is 46.8. The third kappa shape index (κ3) is 44.2. The Morgan fingerprint density at radius 1 is 0.519 bits per heavy atom. The molecule has 0 heterocycles. The number of unbranched alkanes of at least 4 members (excludes halogenated alkanes) is 24.